The Morgan fingerprint density at radius 1 is 1.44 bits per heavy atom. The molecule has 94 valence electrons. The number of carbonyl (C=O) groups excluding carboxylic acids is 1. The molecule has 0 saturated carbocycles. The molecule has 1 unspecified atom stereocenters. The van der Waals surface area contributed by atoms with Crippen LogP contribution in [-0.2, 0) is 9.53 Å². The normalized spacial score (nSPS) is 11.8. The molecule has 0 saturated heterocycles. The topological polar surface area (TPSA) is 84.0 Å². The first kappa shape index (κ1) is 13.6. The van der Waals surface area contributed by atoms with E-state index in [0.29, 0.717) is 12.3 Å². The maximum atomic E-state index is 11.1. The minimum atomic E-state index is -1.23. The average molecular weight is 247 g/mol. The van der Waals surface area contributed by atoms with Crippen molar-refractivity contribution in [3.63, 3.8) is 0 Å². The number of methoxy groups -OCH3 is 1. The van der Waals surface area contributed by atoms with Gasteiger partial charge in [-0.2, -0.15) is 15.5 Å². The summed E-state index contributed by atoms with van der Waals surface area (Å²) < 4.78 is 9.67. The van der Waals surface area contributed by atoms with Gasteiger partial charge in [0.2, 0.25) is 0 Å². The molecule has 0 aliphatic rings. The minimum absolute atomic E-state index is 0.530. The van der Waals surface area contributed by atoms with Crippen LogP contribution in [0.5, 0.6) is 5.75 Å². The van der Waals surface area contributed by atoms with Crippen LogP contribution in [0.4, 0.5) is 5.69 Å². The largest absolute Gasteiger partial charge is 0.494 e. The molecule has 0 bridgehead atoms. The third-order valence-corrected chi connectivity index (χ3v) is 1.98. The Balaban J connectivity index is 2.72. The van der Waals surface area contributed by atoms with Crippen molar-refractivity contribution in [3.8, 4) is 11.8 Å². The Morgan fingerprint density at radius 3 is 2.61 bits per heavy atom. The van der Waals surface area contributed by atoms with E-state index < -0.39 is 12.0 Å². The lowest BCUT2D eigenvalue weighted by atomic mass is 10.3. The van der Waals surface area contributed by atoms with Crippen LogP contribution in [0.15, 0.2) is 34.5 Å². The fourth-order valence-electron chi connectivity index (χ4n) is 1.14. The molecule has 6 heteroatoms. The number of ether oxygens (including phenoxy) is 2. The first-order chi connectivity index (χ1) is 8.71. The predicted molar refractivity (Wildman–Crippen MR) is 63.5 cm³/mol. The lowest BCUT2D eigenvalue weighted by Gasteiger charge is -2.02. The standard InChI is InChI=1S/C12H13N3O3/c1-3-18-10-6-4-9(5-7-10)14-15-11(8-13)12(16)17-2/h4-7,11H,3H2,1-2H3. The van der Waals surface area contributed by atoms with Gasteiger partial charge >= 0.3 is 5.97 Å². The molecule has 1 aromatic carbocycles. The molecule has 0 heterocycles. The van der Waals surface area contributed by atoms with Crippen LogP contribution >= 0.6 is 0 Å². The van der Waals surface area contributed by atoms with Crippen LogP contribution in [0.3, 0.4) is 0 Å². The molecule has 0 amide bonds. The van der Waals surface area contributed by atoms with Crippen LogP contribution in [0, 0.1) is 11.3 Å². The Bertz CT molecular complexity index is 462. The maximum Gasteiger partial charge on any atom is 0.347 e. The molecule has 6 nitrogen and oxygen atoms in total. The summed E-state index contributed by atoms with van der Waals surface area (Å²) in [5.41, 5.74) is 0.530. The van der Waals surface area contributed by atoms with Gasteiger partial charge in [-0.1, -0.05) is 0 Å². The molecule has 18 heavy (non-hydrogen) atoms. The Morgan fingerprint density at radius 2 is 2.11 bits per heavy atom. The number of benzene rings is 1. The van der Waals surface area contributed by atoms with Crippen molar-refractivity contribution in [2.75, 3.05) is 13.7 Å². The first-order valence-corrected chi connectivity index (χ1v) is 5.32. The van der Waals surface area contributed by atoms with E-state index in [1.807, 2.05) is 6.92 Å². The smallest absolute Gasteiger partial charge is 0.347 e. The average Bonchev–Trinajstić information content (AvgIpc) is 2.41. The summed E-state index contributed by atoms with van der Waals surface area (Å²) in [5, 5.41) is 16.1. The van der Waals surface area contributed by atoms with Gasteiger partial charge in [0.1, 0.15) is 11.8 Å². The van der Waals surface area contributed by atoms with Crippen molar-refractivity contribution in [1.82, 2.24) is 0 Å². The molecule has 0 radical (unpaired) electrons. The quantitative estimate of drug-likeness (QED) is 0.590. The fraction of sp³-hybridized carbons (Fsp3) is 0.333. The summed E-state index contributed by atoms with van der Waals surface area (Å²) in [6.45, 7) is 2.47. The highest BCUT2D eigenvalue weighted by Gasteiger charge is 2.16. The summed E-state index contributed by atoms with van der Waals surface area (Å²) in [6, 6.07) is 7.29. The van der Waals surface area contributed by atoms with Gasteiger partial charge in [-0.25, -0.2) is 4.79 Å². The van der Waals surface area contributed by atoms with E-state index in [4.69, 9.17) is 10.00 Å². The van der Waals surface area contributed by atoms with E-state index in [9.17, 15) is 4.79 Å². The molecule has 0 aliphatic heterocycles. The van der Waals surface area contributed by atoms with Crippen LogP contribution < -0.4 is 4.74 Å². The SMILES string of the molecule is CCOc1ccc(N=NC(C#N)C(=O)OC)cc1. The molecular weight excluding hydrogens is 234 g/mol. The second-order valence-electron chi connectivity index (χ2n) is 3.20. The van der Waals surface area contributed by atoms with Gasteiger partial charge in [0.25, 0.3) is 6.04 Å². The van der Waals surface area contributed by atoms with Crippen molar-refractivity contribution in [2.45, 2.75) is 13.0 Å². The molecule has 0 fully saturated rings. The van der Waals surface area contributed by atoms with Crippen molar-refractivity contribution in [3.05, 3.63) is 24.3 Å². The van der Waals surface area contributed by atoms with Crippen LogP contribution in [0.1, 0.15) is 6.92 Å². The van der Waals surface area contributed by atoms with Crippen molar-refractivity contribution in [2.24, 2.45) is 10.2 Å². The van der Waals surface area contributed by atoms with Crippen LogP contribution in [-0.4, -0.2) is 25.7 Å². The number of nitrogens with zero attached hydrogens (tertiary/aromatic N) is 3. The number of rotatable bonds is 5. The number of hydrogen-bond donors (Lipinski definition) is 0. The second kappa shape index (κ2) is 7.01. The molecule has 1 rings (SSSR count). The Hall–Kier alpha value is -2.42. The zero-order valence-corrected chi connectivity index (χ0v) is 10.2. The highest BCUT2D eigenvalue weighted by Crippen LogP contribution is 2.18. The number of esters is 1. The van der Waals surface area contributed by atoms with Gasteiger partial charge in [0.15, 0.2) is 0 Å². The van der Waals surface area contributed by atoms with E-state index in [1.54, 1.807) is 30.3 Å². The van der Waals surface area contributed by atoms with Crippen molar-refractivity contribution < 1.29 is 14.3 Å². The predicted octanol–water partition coefficient (Wildman–Crippen LogP) is 2.23. The molecular formula is C12H13N3O3. The molecule has 1 aromatic rings. The monoisotopic (exact) mass is 247 g/mol. The number of hydrogen-bond acceptors (Lipinski definition) is 6. The number of carbonyl (C=O) groups is 1. The highest BCUT2D eigenvalue weighted by atomic mass is 16.5. The molecule has 0 aromatic heterocycles. The molecule has 0 N–H and O–H groups in total. The second-order valence-corrected chi connectivity index (χ2v) is 3.20. The summed E-state index contributed by atoms with van der Waals surface area (Å²) in [7, 11) is 1.19. The first-order valence-electron chi connectivity index (χ1n) is 5.32. The van der Waals surface area contributed by atoms with E-state index >= 15 is 0 Å². The van der Waals surface area contributed by atoms with E-state index in [2.05, 4.69) is 15.0 Å². The lowest BCUT2D eigenvalue weighted by Crippen LogP contribution is -2.17. The Kier molecular flexibility index (Phi) is 5.32. The summed E-state index contributed by atoms with van der Waals surface area (Å²) in [4.78, 5) is 11.1. The summed E-state index contributed by atoms with van der Waals surface area (Å²) in [5.74, 6) is -0.00608. The van der Waals surface area contributed by atoms with E-state index in [1.165, 1.54) is 7.11 Å². The van der Waals surface area contributed by atoms with Gasteiger partial charge in [-0.15, -0.1) is 0 Å². The highest BCUT2D eigenvalue weighted by molar-refractivity contribution is 5.78. The van der Waals surface area contributed by atoms with Crippen molar-refractivity contribution >= 4 is 11.7 Å². The van der Waals surface area contributed by atoms with E-state index in [-0.39, 0.29) is 0 Å². The fourth-order valence-corrected chi connectivity index (χ4v) is 1.14. The maximum absolute atomic E-state index is 11.1. The zero-order valence-electron chi connectivity index (χ0n) is 10.2. The van der Waals surface area contributed by atoms with Crippen LogP contribution in [0.25, 0.3) is 0 Å². The van der Waals surface area contributed by atoms with Gasteiger partial charge in [0, 0.05) is 0 Å². The minimum Gasteiger partial charge on any atom is -0.494 e. The van der Waals surface area contributed by atoms with Crippen LogP contribution in [0.2, 0.25) is 0 Å². The van der Waals surface area contributed by atoms with E-state index in [0.717, 1.165) is 5.75 Å². The summed E-state index contributed by atoms with van der Waals surface area (Å²) in [6.07, 6.45) is 0. The third kappa shape index (κ3) is 3.87. The van der Waals surface area contributed by atoms with Crippen molar-refractivity contribution in [1.29, 1.82) is 5.26 Å². The molecule has 0 spiro atoms. The summed E-state index contributed by atoms with van der Waals surface area (Å²) >= 11 is 0. The molecule has 1 atom stereocenters. The van der Waals surface area contributed by atoms with Gasteiger partial charge in [-0.05, 0) is 31.2 Å². The number of nitriles is 1. The molecule has 0 aliphatic carbocycles. The Labute approximate surface area is 105 Å². The zero-order chi connectivity index (χ0) is 13.4. The number of azo groups is 1. The van der Waals surface area contributed by atoms with Gasteiger partial charge in [0.05, 0.1) is 19.4 Å². The third-order valence-electron chi connectivity index (χ3n) is 1.98. The van der Waals surface area contributed by atoms with Gasteiger partial charge in [-0.3, -0.25) is 0 Å². The lowest BCUT2D eigenvalue weighted by molar-refractivity contribution is -0.140. The van der Waals surface area contributed by atoms with Gasteiger partial charge < -0.3 is 9.47 Å².